The number of carbonyl (C=O) groups excluding carboxylic acids is 4. The summed E-state index contributed by atoms with van der Waals surface area (Å²) in [7, 11) is -9.91. The van der Waals surface area contributed by atoms with Crippen LogP contribution >= 0.6 is 15.6 Å². The molecule has 17 nitrogen and oxygen atoms in total. The predicted molar refractivity (Wildman–Crippen MR) is 391 cm³/mol. The number of carbonyl (C=O) groups is 4. The quantitative estimate of drug-likeness (QED) is 0.0222. The number of hydrogen-bond acceptors (Lipinski definition) is 15. The Bertz CT molecular complexity index is 1860. The molecule has 96 heavy (non-hydrogen) atoms. The molecule has 0 spiro atoms. The second kappa shape index (κ2) is 68.8. The first-order valence-electron chi connectivity index (χ1n) is 40.0. The second-order valence-electron chi connectivity index (χ2n) is 28.5. The fourth-order valence-corrected chi connectivity index (χ4v) is 13.4. The number of ether oxygens (including phenoxy) is 4. The summed E-state index contributed by atoms with van der Waals surface area (Å²) in [6.07, 6.45) is 57.0. The molecule has 0 aromatic carbocycles. The van der Waals surface area contributed by atoms with Crippen LogP contribution in [0.25, 0.3) is 0 Å². The first-order chi connectivity index (χ1) is 46.4. The number of phosphoric ester groups is 2. The number of hydrogen-bond donors (Lipinski definition) is 3. The number of phosphoric acid groups is 2. The summed E-state index contributed by atoms with van der Waals surface area (Å²) in [5, 5.41) is 10.6. The van der Waals surface area contributed by atoms with Crippen LogP contribution in [0.5, 0.6) is 0 Å². The van der Waals surface area contributed by atoms with E-state index in [2.05, 4.69) is 41.5 Å². The minimum Gasteiger partial charge on any atom is -0.462 e. The van der Waals surface area contributed by atoms with Crippen LogP contribution in [0.1, 0.15) is 401 Å². The van der Waals surface area contributed by atoms with Gasteiger partial charge in [-0.2, -0.15) is 0 Å². The standard InChI is InChI=1S/C77H150O17P2/c1-7-10-12-14-16-17-18-19-20-21-22-23-24-25-26-31-37-43-49-55-61-76(81)94-73(66-88-75(80)60-54-48-42-36-30-28-27-29-34-40-45-51-57-69(4)5)68-92-96(85,86)90-64-71(78)63-89-95(83,84)91-67-72(65-87-74(79)59-53-47-39-15-13-11-8-2)93-77(82)62-56-50-44-38-33-32-35-41-46-52-58-70(6)9-3/h69-73,78H,7-68H2,1-6H3,(H,83,84)(H,85,86)/t70?,71-,72+,73+/m0/s1. The summed E-state index contributed by atoms with van der Waals surface area (Å²) in [6, 6.07) is 0. The van der Waals surface area contributed by atoms with Crippen molar-refractivity contribution in [2.24, 2.45) is 11.8 Å². The highest BCUT2D eigenvalue weighted by Crippen LogP contribution is 2.45. The van der Waals surface area contributed by atoms with E-state index in [9.17, 15) is 43.2 Å². The molecular weight excluding hydrogens is 1260 g/mol. The molecule has 3 unspecified atom stereocenters. The summed E-state index contributed by atoms with van der Waals surface area (Å²) < 4.78 is 68.5. The topological polar surface area (TPSA) is 237 Å². The van der Waals surface area contributed by atoms with Crippen molar-refractivity contribution in [3.63, 3.8) is 0 Å². The fraction of sp³-hybridized carbons (Fsp3) is 0.948. The minimum atomic E-state index is -4.96. The highest BCUT2D eigenvalue weighted by Gasteiger charge is 2.30. The van der Waals surface area contributed by atoms with Crippen molar-refractivity contribution < 1.29 is 80.2 Å². The van der Waals surface area contributed by atoms with Crippen LogP contribution in [0.15, 0.2) is 0 Å². The highest BCUT2D eigenvalue weighted by molar-refractivity contribution is 7.47. The van der Waals surface area contributed by atoms with E-state index in [1.165, 1.54) is 205 Å². The van der Waals surface area contributed by atoms with Gasteiger partial charge in [0.05, 0.1) is 26.4 Å². The van der Waals surface area contributed by atoms with Crippen LogP contribution < -0.4 is 0 Å². The van der Waals surface area contributed by atoms with Gasteiger partial charge in [-0.15, -0.1) is 0 Å². The summed E-state index contributed by atoms with van der Waals surface area (Å²) >= 11 is 0. The van der Waals surface area contributed by atoms with Gasteiger partial charge in [0.25, 0.3) is 0 Å². The van der Waals surface area contributed by atoms with Gasteiger partial charge in [-0.1, -0.05) is 350 Å². The van der Waals surface area contributed by atoms with E-state index in [0.717, 1.165) is 115 Å². The molecule has 570 valence electrons. The summed E-state index contributed by atoms with van der Waals surface area (Å²) in [5.74, 6) is -0.534. The normalized spacial score (nSPS) is 14.3. The van der Waals surface area contributed by atoms with E-state index in [4.69, 9.17) is 37.0 Å². The van der Waals surface area contributed by atoms with Crippen LogP contribution in [0, 0.1) is 11.8 Å². The van der Waals surface area contributed by atoms with Gasteiger partial charge in [-0.05, 0) is 37.5 Å². The van der Waals surface area contributed by atoms with Crippen molar-refractivity contribution in [1.29, 1.82) is 0 Å². The van der Waals surface area contributed by atoms with Crippen molar-refractivity contribution in [3.05, 3.63) is 0 Å². The summed E-state index contributed by atoms with van der Waals surface area (Å²) in [4.78, 5) is 72.7. The zero-order valence-corrected chi connectivity index (χ0v) is 64.5. The molecule has 0 saturated carbocycles. The number of aliphatic hydroxyl groups is 1. The SMILES string of the molecule is CCCCCCCCCCCCCCCCCCCCCCC(=O)O[C@H](COC(=O)CCCCCCCCCCCCCCC(C)C)COP(=O)(O)OC[C@@H](O)COP(=O)(O)OC[C@@H](COC(=O)CCCCCCCCC)OC(=O)CCCCCCCCCCCCC(C)CC. The lowest BCUT2D eigenvalue weighted by molar-refractivity contribution is -0.161. The van der Waals surface area contributed by atoms with Crippen LogP contribution in [-0.2, 0) is 65.4 Å². The largest absolute Gasteiger partial charge is 0.472 e. The molecule has 19 heteroatoms. The molecule has 0 heterocycles. The van der Waals surface area contributed by atoms with Gasteiger partial charge < -0.3 is 33.8 Å². The van der Waals surface area contributed by atoms with Gasteiger partial charge >= 0.3 is 39.5 Å². The van der Waals surface area contributed by atoms with Gasteiger partial charge in [0, 0.05) is 25.7 Å². The number of unbranched alkanes of at least 4 members (excludes halogenated alkanes) is 45. The maximum absolute atomic E-state index is 13.1. The maximum Gasteiger partial charge on any atom is 0.472 e. The smallest absolute Gasteiger partial charge is 0.462 e. The molecule has 0 aliphatic rings. The average Bonchev–Trinajstić information content (AvgIpc) is 2.34. The van der Waals surface area contributed by atoms with E-state index >= 15 is 0 Å². The molecule has 0 saturated heterocycles. The van der Waals surface area contributed by atoms with Crippen molar-refractivity contribution in [2.75, 3.05) is 39.6 Å². The lowest BCUT2D eigenvalue weighted by Gasteiger charge is -2.21. The van der Waals surface area contributed by atoms with E-state index in [-0.39, 0.29) is 25.7 Å². The third-order valence-corrected chi connectivity index (χ3v) is 20.2. The summed E-state index contributed by atoms with van der Waals surface area (Å²) in [5.41, 5.74) is 0. The molecule has 0 bridgehead atoms. The van der Waals surface area contributed by atoms with Gasteiger partial charge in [-0.3, -0.25) is 37.3 Å². The van der Waals surface area contributed by atoms with E-state index < -0.39 is 97.5 Å². The van der Waals surface area contributed by atoms with Crippen molar-refractivity contribution in [3.8, 4) is 0 Å². The molecule has 3 N–H and O–H groups in total. The Hall–Kier alpha value is -1.94. The Kier molecular flexibility index (Phi) is 67.4. The summed E-state index contributed by atoms with van der Waals surface area (Å²) in [6.45, 7) is 9.60. The highest BCUT2D eigenvalue weighted by atomic mass is 31.2. The van der Waals surface area contributed by atoms with Gasteiger partial charge in [0.1, 0.15) is 19.3 Å². The zero-order valence-electron chi connectivity index (χ0n) is 62.7. The molecule has 0 amide bonds. The zero-order chi connectivity index (χ0) is 70.7. The monoisotopic (exact) mass is 1410 g/mol. The van der Waals surface area contributed by atoms with Crippen LogP contribution in [0.3, 0.4) is 0 Å². The number of aliphatic hydroxyl groups excluding tert-OH is 1. The predicted octanol–water partition coefficient (Wildman–Crippen LogP) is 22.7. The fourth-order valence-electron chi connectivity index (χ4n) is 11.8. The molecule has 6 atom stereocenters. The number of esters is 4. The lowest BCUT2D eigenvalue weighted by atomic mass is 9.99. The third kappa shape index (κ3) is 69.2. The molecule has 0 aliphatic heterocycles. The molecule has 0 aromatic rings. The molecule has 0 radical (unpaired) electrons. The molecule has 0 rings (SSSR count). The van der Waals surface area contributed by atoms with Gasteiger partial charge in [-0.25, -0.2) is 9.13 Å². The van der Waals surface area contributed by atoms with E-state index in [0.29, 0.717) is 25.7 Å². The van der Waals surface area contributed by atoms with E-state index in [1.807, 2.05) is 0 Å². The first-order valence-corrected chi connectivity index (χ1v) is 43.0. The van der Waals surface area contributed by atoms with Gasteiger partial charge in [0.15, 0.2) is 12.2 Å². The molecule has 0 aromatic heterocycles. The molecule has 0 aliphatic carbocycles. The number of rotatable bonds is 76. The average molecular weight is 1410 g/mol. The Morgan fingerprint density at radius 2 is 0.531 bits per heavy atom. The maximum atomic E-state index is 13.1. The van der Waals surface area contributed by atoms with Gasteiger partial charge in [0.2, 0.25) is 0 Å². The third-order valence-electron chi connectivity index (χ3n) is 18.3. The van der Waals surface area contributed by atoms with Crippen molar-refractivity contribution in [2.45, 2.75) is 419 Å². The Labute approximate surface area is 588 Å². The Morgan fingerprint density at radius 1 is 0.302 bits per heavy atom. The lowest BCUT2D eigenvalue weighted by Crippen LogP contribution is -2.30. The minimum absolute atomic E-state index is 0.106. The van der Waals surface area contributed by atoms with Crippen LogP contribution in [0.2, 0.25) is 0 Å². The second-order valence-corrected chi connectivity index (χ2v) is 31.4. The van der Waals surface area contributed by atoms with Crippen molar-refractivity contribution >= 4 is 39.5 Å². The Morgan fingerprint density at radius 3 is 0.792 bits per heavy atom. The van der Waals surface area contributed by atoms with Crippen LogP contribution in [0.4, 0.5) is 0 Å². The molecular formula is C77H150O17P2. The van der Waals surface area contributed by atoms with E-state index in [1.54, 1.807) is 0 Å². The molecule has 0 fully saturated rings. The first kappa shape index (κ1) is 94.1. The van der Waals surface area contributed by atoms with Crippen LogP contribution in [-0.4, -0.2) is 96.7 Å². The van der Waals surface area contributed by atoms with Crippen molar-refractivity contribution in [1.82, 2.24) is 0 Å². The Balaban J connectivity index is 5.18.